The quantitative estimate of drug-likeness (QED) is 0.259. The zero-order valence-electron chi connectivity index (χ0n) is 21.4. The maximum atomic E-state index is 14.5. The lowest BCUT2D eigenvalue weighted by atomic mass is 9.86. The fraction of sp³-hybridized carbons (Fsp3) is 0.333. The average molecular weight is 487 g/mol. The highest BCUT2D eigenvalue weighted by atomic mass is 19.2. The molecule has 0 heterocycles. The molecule has 0 aliphatic heterocycles. The van der Waals surface area contributed by atoms with Crippen LogP contribution in [-0.2, 0) is 12.8 Å². The van der Waals surface area contributed by atoms with Gasteiger partial charge in [-0.15, -0.1) is 0 Å². The van der Waals surface area contributed by atoms with Gasteiger partial charge in [0.2, 0.25) is 5.82 Å². The van der Waals surface area contributed by atoms with Gasteiger partial charge in [-0.05, 0) is 91.3 Å². The molecule has 1 atom stereocenters. The van der Waals surface area contributed by atoms with Crippen molar-refractivity contribution in [2.45, 2.75) is 58.8 Å². The maximum Gasteiger partial charge on any atom is 0.201 e. The van der Waals surface area contributed by atoms with Crippen LogP contribution in [0.1, 0.15) is 62.6 Å². The zero-order valence-corrected chi connectivity index (χ0v) is 21.4. The zero-order chi connectivity index (χ0) is 25.3. The van der Waals surface area contributed by atoms with Crippen LogP contribution in [-0.4, -0.2) is 6.61 Å². The number of hydrogen-bond donors (Lipinski definition) is 0. The SMILES string of the molecule is CCCc1ccc(C2=CCC(C=CCCc3ccc(-c4ccc(OCC)c(F)c4F)cc3)CC2)cc1. The van der Waals surface area contributed by atoms with Crippen LogP contribution in [0.3, 0.4) is 0 Å². The van der Waals surface area contributed by atoms with E-state index in [-0.39, 0.29) is 11.3 Å². The molecule has 1 aliphatic carbocycles. The van der Waals surface area contributed by atoms with Crippen LogP contribution in [0, 0.1) is 17.6 Å². The molecule has 0 spiro atoms. The van der Waals surface area contributed by atoms with Crippen molar-refractivity contribution in [3.8, 4) is 16.9 Å². The van der Waals surface area contributed by atoms with Crippen molar-refractivity contribution < 1.29 is 13.5 Å². The molecular formula is C33H36F2O. The number of ether oxygens (including phenoxy) is 1. The van der Waals surface area contributed by atoms with Crippen molar-refractivity contribution in [1.82, 2.24) is 0 Å². The van der Waals surface area contributed by atoms with E-state index in [1.165, 1.54) is 41.2 Å². The van der Waals surface area contributed by atoms with Gasteiger partial charge >= 0.3 is 0 Å². The normalized spacial score (nSPS) is 15.8. The molecule has 0 N–H and O–H groups in total. The molecule has 3 aromatic rings. The van der Waals surface area contributed by atoms with Crippen molar-refractivity contribution in [3.63, 3.8) is 0 Å². The molecule has 0 aromatic heterocycles. The molecule has 36 heavy (non-hydrogen) atoms. The Morgan fingerprint density at radius 3 is 2.17 bits per heavy atom. The first-order valence-electron chi connectivity index (χ1n) is 13.2. The Bertz CT molecular complexity index is 1190. The lowest BCUT2D eigenvalue weighted by molar-refractivity contribution is 0.314. The molecule has 3 heteroatoms. The fourth-order valence-electron chi connectivity index (χ4n) is 4.88. The van der Waals surface area contributed by atoms with Crippen molar-refractivity contribution in [2.75, 3.05) is 6.61 Å². The molecule has 0 radical (unpaired) electrons. The molecule has 1 unspecified atom stereocenters. The van der Waals surface area contributed by atoms with Crippen LogP contribution >= 0.6 is 0 Å². The predicted molar refractivity (Wildman–Crippen MR) is 146 cm³/mol. The van der Waals surface area contributed by atoms with E-state index in [1.54, 1.807) is 13.0 Å². The second-order valence-electron chi connectivity index (χ2n) is 9.55. The van der Waals surface area contributed by atoms with Gasteiger partial charge in [0.05, 0.1) is 6.61 Å². The second kappa shape index (κ2) is 12.7. The third-order valence-electron chi connectivity index (χ3n) is 6.93. The standard InChI is InChI=1S/C33H36F2O/c1-3-7-24-10-16-27(17-11-24)28-18-12-25(13-19-28)8-5-6-9-26-14-20-29(21-15-26)30-22-23-31(36-4-2)33(35)32(30)34/h5,8,10-11,14-18,20-23,25H,3-4,6-7,9,12-13,19H2,1-2H3. The highest BCUT2D eigenvalue weighted by Gasteiger charge is 2.16. The number of hydrogen-bond acceptors (Lipinski definition) is 1. The van der Waals surface area contributed by atoms with Crippen LogP contribution in [0.25, 0.3) is 16.7 Å². The molecule has 188 valence electrons. The number of halogens is 2. The summed E-state index contributed by atoms with van der Waals surface area (Å²) in [6, 6.07) is 19.9. The summed E-state index contributed by atoms with van der Waals surface area (Å²) in [4.78, 5) is 0. The first-order valence-corrected chi connectivity index (χ1v) is 13.2. The predicted octanol–water partition coefficient (Wildman–Crippen LogP) is 9.36. The van der Waals surface area contributed by atoms with Gasteiger partial charge in [0.1, 0.15) is 0 Å². The summed E-state index contributed by atoms with van der Waals surface area (Å²) in [6.07, 6.45) is 14.7. The Kier molecular flexibility index (Phi) is 9.11. The van der Waals surface area contributed by atoms with Crippen molar-refractivity contribution in [1.29, 1.82) is 0 Å². The van der Waals surface area contributed by atoms with Crippen molar-refractivity contribution in [3.05, 3.63) is 107 Å². The van der Waals surface area contributed by atoms with Gasteiger partial charge in [-0.25, -0.2) is 4.39 Å². The number of aryl methyl sites for hydroxylation is 2. The molecule has 1 nitrogen and oxygen atoms in total. The van der Waals surface area contributed by atoms with Gasteiger partial charge in [0.15, 0.2) is 11.6 Å². The number of benzene rings is 3. The lowest BCUT2D eigenvalue weighted by Gasteiger charge is -2.19. The van der Waals surface area contributed by atoms with E-state index in [0.717, 1.165) is 32.1 Å². The third kappa shape index (κ3) is 6.51. The topological polar surface area (TPSA) is 9.23 Å². The monoisotopic (exact) mass is 486 g/mol. The molecular weight excluding hydrogens is 450 g/mol. The minimum absolute atomic E-state index is 0.0482. The summed E-state index contributed by atoms with van der Waals surface area (Å²) in [5.74, 6) is -1.24. The molecule has 4 rings (SSSR count). The van der Waals surface area contributed by atoms with E-state index in [9.17, 15) is 8.78 Å². The molecule has 0 saturated heterocycles. The van der Waals surface area contributed by atoms with E-state index in [0.29, 0.717) is 18.1 Å². The molecule has 0 bridgehead atoms. The van der Waals surface area contributed by atoms with Gasteiger partial charge in [0, 0.05) is 5.56 Å². The van der Waals surface area contributed by atoms with E-state index in [2.05, 4.69) is 49.4 Å². The van der Waals surface area contributed by atoms with E-state index in [1.807, 2.05) is 24.3 Å². The molecule has 3 aromatic carbocycles. The largest absolute Gasteiger partial charge is 0.491 e. The Balaban J connectivity index is 1.27. The Hall–Kier alpha value is -3.20. The molecule has 1 aliphatic rings. The minimum Gasteiger partial charge on any atom is -0.491 e. The van der Waals surface area contributed by atoms with Gasteiger partial charge < -0.3 is 4.74 Å². The van der Waals surface area contributed by atoms with Crippen LogP contribution in [0.5, 0.6) is 5.75 Å². The van der Waals surface area contributed by atoms with Crippen LogP contribution in [0.2, 0.25) is 0 Å². The van der Waals surface area contributed by atoms with E-state index < -0.39 is 11.6 Å². The number of rotatable bonds is 10. The molecule has 0 amide bonds. The summed E-state index contributed by atoms with van der Waals surface area (Å²) >= 11 is 0. The summed E-state index contributed by atoms with van der Waals surface area (Å²) in [5.41, 5.74) is 6.38. The Labute approximate surface area is 214 Å². The molecule has 0 saturated carbocycles. The van der Waals surface area contributed by atoms with E-state index in [4.69, 9.17) is 4.74 Å². The van der Waals surface area contributed by atoms with Crippen LogP contribution in [0.4, 0.5) is 8.78 Å². The van der Waals surface area contributed by atoms with Gasteiger partial charge in [-0.2, -0.15) is 4.39 Å². The third-order valence-corrected chi connectivity index (χ3v) is 6.93. The fourth-order valence-corrected chi connectivity index (χ4v) is 4.88. The summed E-state index contributed by atoms with van der Waals surface area (Å²) in [6.45, 7) is 4.26. The average Bonchev–Trinajstić information content (AvgIpc) is 2.91. The molecule has 0 fully saturated rings. The first-order chi connectivity index (χ1) is 17.6. The smallest absolute Gasteiger partial charge is 0.201 e. The van der Waals surface area contributed by atoms with Gasteiger partial charge in [0.25, 0.3) is 0 Å². The Morgan fingerprint density at radius 2 is 1.53 bits per heavy atom. The van der Waals surface area contributed by atoms with Crippen molar-refractivity contribution in [2.24, 2.45) is 5.92 Å². The number of allylic oxidation sites excluding steroid dienone is 4. The summed E-state index contributed by atoms with van der Waals surface area (Å²) in [7, 11) is 0. The van der Waals surface area contributed by atoms with Crippen LogP contribution < -0.4 is 4.74 Å². The summed E-state index contributed by atoms with van der Waals surface area (Å²) in [5, 5.41) is 0. The maximum absolute atomic E-state index is 14.5. The van der Waals surface area contributed by atoms with Crippen LogP contribution in [0.15, 0.2) is 78.9 Å². The first kappa shape index (κ1) is 25.9. The van der Waals surface area contributed by atoms with Crippen molar-refractivity contribution >= 4 is 5.57 Å². The minimum atomic E-state index is -0.932. The second-order valence-corrected chi connectivity index (χ2v) is 9.55. The Morgan fingerprint density at radius 1 is 0.833 bits per heavy atom. The lowest BCUT2D eigenvalue weighted by Crippen LogP contribution is -2.02. The highest BCUT2D eigenvalue weighted by molar-refractivity contribution is 5.67. The van der Waals surface area contributed by atoms with Gasteiger partial charge in [-0.1, -0.05) is 80.1 Å². The van der Waals surface area contributed by atoms with Gasteiger partial charge in [-0.3, -0.25) is 0 Å². The van der Waals surface area contributed by atoms with E-state index >= 15 is 0 Å². The highest BCUT2D eigenvalue weighted by Crippen LogP contribution is 2.32. The summed E-state index contributed by atoms with van der Waals surface area (Å²) < 4.78 is 33.8.